The van der Waals surface area contributed by atoms with Gasteiger partial charge in [-0.05, 0) is 37.0 Å². The van der Waals surface area contributed by atoms with Gasteiger partial charge in [-0.1, -0.05) is 34.1 Å². The summed E-state index contributed by atoms with van der Waals surface area (Å²) in [5, 5.41) is 0. The molecule has 0 aromatic heterocycles. The Labute approximate surface area is 88.9 Å². The molecule has 0 nitrogen and oxygen atoms in total. The van der Waals surface area contributed by atoms with Crippen molar-refractivity contribution in [2.45, 2.75) is 58.1 Å². The molecule has 1 saturated carbocycles. The second-order valence-corrected chi connectivity index (χ2v) is 6.59. The highest BCUT2D eigenvalue weighted by Crippen LogP contribution is 2.41. The Morgan fingerprint density at radius 1 is 1.38 bits per heavy atom. The van der Waals surface area contributed by atoms with Gasteiger partial charge in [0.15, 0.2) is 0 Å². The summed E-state index contributed by atoms with van der Waals surface area (Å²) < 4.78 is 0.216. The molecule has 1 rings (SSSR count). The van der Waals surface area contributed by atoms with Crippen molar-refractivity contribution in [3.05, 3.63) is 0 Å². The number of rotatable bonds is 4. The van der Waals surface area contributed by atoms with Crippen molar-refractivity contribution in [2.24, 2.45) is 17.8 Å². The van der Waals surface area contributed by atoms with Gasteiger partial charge in [-0.25, -0.2) is 0 Å². The fourth-order valence-electron chi connectivity index (χ4n) is 2.62. The summed E-state index contributed by atoms with van der Waals surface area (Å²) in [5.74, 6) is 2.80. The average Bonchev–Trinajstić information content (AvgIpc) is 1.93. The van der Waals surface area contributed by atoms with E-state index in [1.165, 1.54) is 25.7 Å². The predicted octanol–water partition coefficient (Wildman–Crippen LogP) is 4.16. The van der Waals surface area contributed by atoms with E-state index in [2.05, 4.69) is 40.3 Å². The maximum atomic E-state index is 4.69. The molecule has 13 heavy (non-hydrogen) atoms. The second kappa shape index (κ2) is 4.25. The lowest BCUT2D eigenvalue weighted by molar-refractivity contribution is 0.160. The van der Waals surface area contributed by atoms with Crippen LogP contribution in [0.15, 0.2) is 0 Å². The average molecular weight is 200 g/mol. The molecule has 0 heterocycles. The SMILES string of the molecule is CCC(CC1CC(C)C1)C(C)(C)S. The van der Waals surface area contributed by atoms with Crippen LogP contribution >= 0.6 is 12.6 Å². The monoisotopic (exact) mass is 200 g/mol. The Hall–Kier alpha value is 0.350. The molecule has 0 aromatic carbocycles. The Balaban J connectivity index is 2.33. The van der Waals surface area contributed by atoms with Crippen molar-refractivity contribution in [3.8, 4) is 0 Å². The smallest absolute Gasteiger partial charge is 0.0101 e. The van der Waals surface area contributed by atoms with Crippen LogP contribution in [0.3, 0.4) is 0 Å². The Bertz CT molecular complexity index is 151. The van der Waals surface area contributed by atoms with Gasteiger partial charge in [-0.15, -0.1) is 0 Å². The Kier molecular flexibility index (Phi) is 3.73. The first-order chi connectivity index (χ1) is 5.93. The lowest BCUT2D eigenvalue weighted by Crippen LogP contribution is -2.31. The van der Waals surface area contributed by atoms with Crippen molar-refractivity contribution < 1.29 is 0 Å². The third-order valence-electron chi connectivity index (χ3n) is 3.58. The molecule has 1 atom stereocenters. The van der Waals surface area contributed by atoms with E-state index < -0.39 is 0 Å². The number of hydrogen-bond acceptors (Lipinski definition) is 1. The van der Waals surface area contributed by atoms with Crippen LogP contribution in [0.5, 0.6) is 0 Å². The largest absolute Gasteiger partial charge is 0.173 e. The molecular formula is C12H24S. The molecular weight excluding hydrogens is 176 g/mol. The third-order valence-corrected chi connectivity index (χ3v) is 3.95. The lowest BCUT2D eigenvalue weighted by Gasteiger charge is -2.39. The van der Waals surface area contributed by atoms with Crippen molar-refractivity contribution in [1.29, 1.82) is 0 Å². The van der Waals surface area contributed by atoms with Gasteiger partial charge >= 0.3 is 0 Å². The van der Waals surface area contributed by atoms with E-state index in [1.807, 2.05) is 0 Å². The van der Waals surface area contributed by atoms with Gasteiger partial charge in [0.05, 0.1) is 0 Å². The normalized spacial score (nSPS) is 31.2. The quantitative estimate of drug-likeness (QED) is 0.647. The fraction of sp³-hybridized carbons (Fsp3) is 1.00. The van der Waals surface area contributed by atoms with Crippen molar-refractivity contribution in [2.75, 3.05) is 0 Å². The molecule has 1 heteroatoms. The molecule has 78 valence electrons. The highest BCUT2D eigenvalue weighted by atomic mass is 32.1. The van der Waals surface area contributed by atoms with Crippen LogP contribution in [-0.4, -0.2) is 4.75 Å². The zero-order valence-electron chi connectivity index (χ0n) is 9.51. The van der Waals surface area contributed by atoms with E-state index in [9.17, 15) is 0 Å². The standard InChI is InChI=1S/C12H24S/c1-5-11(12(3,4)13)8-10-6-9(2)7-10/h9-11,13H,5-8H2,1-4H3. The summed E-state index contributed by atoms with van der Waals surface area (Å²) in [7, 11) is 0. The van der Waals surface area contributed by atoms with Gasteiger partial charge in [0.2, 0.25) is 0 Å². The van der Waals surface area contributed by atoms with Crippen LogP contribution in [0.4, 0.5) is 0 Å². The van der Waals surface area contributed by atoms with Crippen molar-refractivity contribution >= 4 is 12.6 Å². The van der Waals surface area contributed by atoms with Crippen molar-refractivity contribution in [1.82, 2.24) is 0 Å². The molecule has 0 radical (unpaired) electrons. The second-order valence-electron chi connectivity index (χ2n) is 5.44. The summed E-state index contributed by atoms with van der Waals surface area (Å²) in [6.07, 6.45) is 5.60. The molecule has 1 unspecified atom stereocenters. The van der Waals surface area contributed by atoms with Crippen LogP contribution < -0.4 is 0 Å². The molecule has 0 amide bonds. The molecule has 1 fully saturated rings. The fourth-order valence-corrected chi connectivity index (χ4v) is 2.91. The molecule has 0 N–H and O–H groups in total. The van der Waals surface area contributed by atoms with Gasteiger partial charge in [0.25, 0.3) is 0 Å². The highest BCUT2D eigenvalue weighted by Gasteiger charge is 2.32. The molecule has 0 aromatic rings. The Morgan fingerprint density at radius 3 is 2.23 bits per heavy atom. The third kappa shape index (κ3) is 3.19. The first kappa shape index (κ1) is 11.4. The van der Waals surface area contributed by atoms with Crippen molar-refractivity contribution in [3.63, 3.8) is 0 Å². The summed E-state index contributed by atoms with van der Waals surface area (Å²) in [6.45, 7) is 9.17. The van der Waals surface area contributed by atoms with Crippen LogP contribution in [0.1, 0.15) is 53.4 Å². The van der Waals surface area contributed by atoms with Crippen LogP contribution in [0.25, 0.3) is 0 Å². The van der Waals surface area contributed by atoms with Gasteiger partial charge in [0.1, 0.15) is 0 Å². The zero-order chi connectivity index (χ0) is 10.1. The summed E-state index contributed by atoms with van der Waals surface area (Å²) in [6, 6.07) is 0. The predicted molar refractivity (Wildman–Crippen MR) is 63.4 cm³/mol. The first-order valence-electron chi connectivity index (χ1n) is 5.65. The minimum atomic E-state index is 0.216. The van der Waals surface area contributed by atoms with Gasteiger partial charge < -0.3 is 0 Å². The molecule has 1 aliphatic rings. The molecule has 0 aliphatic heterocycles. The van der Waals surface area contributed by atoms with Gasteiger partial charge in [0, 0.05) is 4.75 Å². The molecule has 0 saturated heterocycles. The molecule has 1 aliphatic carbocycles. The Morgan fingerprint density at radius 2 is 1.92 bits per heavy atom. The van der Waals surface area contributed by atoms with E-state index in [0.29, 0.717) is 0 Å². The van der Waals surface area contributed by atoms with Crippen LogP contribution in [0, 0.1) is 17.8 Å². The number of hydrogen-bond donors (Lipinski definition) is 1. The van der Waals surface area contributed by atoms with E-state index in [-0.39, 0.29) is 4.75 Å². The first-order valence-corrected chi connectivity index (χ1v) is 6.10. The maximum Gasteiger partial charge on any atom is 0.0101 e. The summed E-state index contributed by atoms with van der Waals surface area (Å²) in [5.41, 5.74) is 0. The van der Waals surface area contributed by atoms with Crippen LogP contribution in [-0.2, 0) is 0 Å². The maximum absolute atomic E-state index is 4.69. The van der Waals surface area contributed by atoms with E-state index in [1.54, 1.807) is 0 Å². The summed E-state index contributed by atoms with van der Waals surface area (Å²) >= 11 is 4.69. The minimum Gasteiger partial charge on any atom is -0.173 e. The minimum absolute atomic E-state index is 0.216. The van der Waals surface area contributed by atoms with Gasteiger partial charge in [-0.3, -0.25) is 0 Å². The number of thiol groups is 1. The van der Waals surface area contributed by atoms with E-state index in [0.717, 1.165) is 17.8 Å². The van der Waals surface area contributed by atoms with E-state index in [4.69, 9.17) is 0 Å². The molecule has 0 spiro atoms. The topological polar surface area (TPSA) is 0 Å². The summed E-state index contributed by atoms with van der Waals surface area (Å²) in [4.78, 5) is 0. The van der Waals surface area contributed by atoms with Gasteiger partial charge in [-0.2, -0.15) is 12.6 Å². The lowest BCUT2D eigenvalue weighted by atomic mass is 9.70. The van der Waals surface area contributed by atoms with Crippen LogP contribution in [0.2, 0.25) is 0 Å². The molecule has 0 bridgehead atoms. The zero-order valence-corrected chi connectivity index (χ0v) is 10.4. The van der Waals surface area contributed by atoms with E-state index >= 15 is 0 Å². The highest BCUT2D eigenvalue weighted by molar-refractivity contribution is 7.81.